The van der Waals surface area contributed by atoms with Crippen molar-refractivity contribution >= 4 is 23.5 Å². The zero-order valence-corrected chi connectivity index (χ0v) is 11.4. The highest BCUT2D eigenvalue weighted by atomic mass is 16.5. The minimum absolute atomic E-state index is 0.288. The Hall–Kier alpha value is -2.89. The predicted octanol–water partition coefficient (Wildman–Crippen LogP) is 1.91. The summed E-state index contributed by atoms with van der Waals surface area (Å²) in [6, 6.07) is 13.6. The molecular formula is C15H15N3O3. The van der Waals surface area contributed by atoms with E-state index in [1.165, 1.54) is 6.92 Å². The number of aromatic nitrogens is 1. The fourth-order valence-corrected chi connectivity index (χ4v) is 1.78. The molecule has 0 spiro atoms. The molecule has 0 fully saturated rings. The summed E-state index contributed by atoms with van der Waals surface area (Å²) in [7, 11) is 0. The molecule has 1 heterocycles. The van der Waals surface area contributed by atoms with Crippen molar-refractivity contribution in [2.75, 3.05) is 11.1 Å². The molecule has 0 aliphatic carbocycles. The van der Waals surface area contributed by atoms with Crippen molar-refractivity contribution in [3.05, 3.63) is 54.1 Å². The Kier molecular flexibility index (Phi) is 4.50. The standard InChI is InChI=1S/C15H15N3O3/c1-10(19)21-14(11-6-3-2-4-7-11)15(20)18-13-9-5-8-12(16)17-13/h2-9,14H,1H3,(H3,16,17,18,20). The number of pyridine rings is 1. The topological polar surface area (TPSA) is 94.3 Å². The van der Waals surface area contributed by atoms with Gasteiger partial charge in [-0.2, -0.15) is 0 Å². The number of ether oxygens (including phenoxy) is 1. The molecule has 21 heavy (non-hydrogen) atoms. The Morgan fingerprint density at radius 1 is 1.14 bits per heavy atom. The number of carbonyl (C=O) groups is 2. The van der Waals surface area contributed by atoms with Gasteiger partial charge in [0.25, 0.3) is 5.91 Å². The van der Waals surface area contributed by atoms with Gasteiger partial charge < -0.3 is 15.8 Å². The summed E-state index contributed by atoms with van der Waals surface area (Å²) in [4.78, 5) is 27.5. The second-order valence-electron chi connectivity index (χ2n) is 4.34. The number of benzene rings is 1. The lowest BCUT2D eigenvalue weighted by Crippen LogP contribution is -2.25. The van der Waals surface area contributed by atoms with E-state index < -0.39 is 18.0 Å². The van der Waals surface area contributed by atoms with Crippen LogP contribution in [-0.2, 0) is 14.3 Å². The molecule has 108 valence electrons. The van der Waals surface area contributed by atoms with Gasteiger partial charge in [0, 0.05) is 12.5 Å². The number of amides is 1. The van der Waals surface area contributed by atoms with Crippen LogP contribution in [0.2, 0.25) is 0 Å². The molecule has 2 rings (SSSR count). The van der Waals surface area contributed by atoms with Gasteiger partial charge in [0.2, 0.25) is 6.10 Å². The van der Waals surface area contributed by atoms with Crippen molar-refractivity contribution in [2.24, 2.45) is 0 Å². The number of nitrogens with one attached hydrogen (secondary N) is 1. The molecule has 0 bridgehead atoms. The summed E-state index contributed by atoms with van der Waals surface area (Å²) in [6.45, 7) is 1.25. The first-order valence-electron chi connectivity index (χ1n) is 6.32. The largest absolute Gasteiger partial charge is 0.447 e. The van der Waals surface area contributed by atoms with Crippen LogP contribution in [0.15, 0.2) is 48.5 Å². The van der Waals surface area contributed by atoms with Crippen LogP contribution in [0.25, 0.3) is 0 Å². The lowest BCUT2D eigenvalue weighted by atomic mass is 10.1. The van der Waals surface area contributed by atoms with E-state index in [4.69, 9.17) is 10.5 Å². The van der Waals surface area contributed by atoms with Crippen molar-refractivity contribution in [2.45, 2.75) is 13.0 Å². The monoisotopic (exact) mass is 285 g/mol. The zero-order chi connectivity index (χ0) is 15.2. The van der Waals surface area contributed by atoms with Gasteiger partial charge in [-0.05, 0) is 12.1 Å². The third-order valence-corrected chi connectivity index (χ3v) is 2.65. The first-order valence-corrected chi connectivity index (χ1v) is 6.32. The molecule has 0 radical (unpaired) electrons. The average Bonchev–Trinajstić information content (AvgIpc) is 2.45. The number of nitrogens with two attached hydrogens (primary N) is 1. The van der Waals surface area contributed by atoms with E-state index in [-0.39, 0.29) is 5.82 Å². The Balaban J connectivity index is 2.20. The van der Waals surface area contributed by atoms with Gasteiger partial charge in [-0.1, -0.05) is 36.4 Å². The van der Waals surface area contributed by atoms with Gasteiger partial charge >= 0.3 is 5.97 Å². The molecule has 1 unspecified atom stereocenters. The Morgan fingerprint density at radius 3 is 2.48 bits per heavy atom. The molecular weight excluding hydrogens is 270 g/mol. The molecule has 0 saturated heterocycles. The van der Waals surface area contributed by atoms with Crippen molar-refractivity contribution in [3.63, 3.8) is 0 Å². The van der Waals surface area contributed by atoms with Gasteiger partial charge in [0.05, 0.1) is 0 Å². The molecule has 1 aromatic carbocycles. The molecule has 0 saturated carbocycles. The Labute approximate surface area is 121 Å². The second-order valence-corrected chi connectivity index (χ2v) is 4.34. The number of anilines is 2. The number of rotatable bonds is 4. The van der Waals surface area contributed by atoms with Crippen LogP contribution in [0.5, 0.6) is 0 Å². The number of hydrogen-bond donors (Lipinski definition) is 2. The zero-order valence-electron chi connectivity index (χ0n) is 11.4. The van der Waals surface area contributed by atoms with E-state index in [1.54, 1.807) is 42.5 Å². The van der Waals surface area contributed by atoms with Crippen molar-refractivity contribution in [1.82, 2.24) is 4.98 Å². The van der Waals surface area contributed by atoms with Gasteiger partial charge in [0.15, 0.2) is 0 Å². The molecule has 1 aromatic heterocycles. The maximum Gasteiger partial charge on any atom is 0.303 e. The molecule has 6 nitrogen and oxygen atoms in total. The minimum atomic E-state index is -1.04. The quantitative estimate of drug-likeness (QED) is 0.837. The summed E-state index contributed by atoms with van der Waals surface area (Å²) in [5.41, 5.74) is 6.13. The maximum absolute atomic E-state index is 12.3. The van der Waals surface area contributed by atoms with Gasteiger partial charge in [-0.3, -0.25) is 9.59 Å². The second kappa shape index (κ2) is 6.51. The number of esters is 1. The number of nitrogen functional groups attached to an aromatic ring is 1. The third kappa shape index (κ3) is 4.04. The molecule has 0 aliphatic rings. The van der Waals surface area contributed by atoms with Crippen molar-refractivity contribution in [1.29, 1.82) is 0 Å². The summed E-state index contributed by atoms with van der Waals surface area (Å²) < 4.78 is 5.09. The highest BCUT2D eigenvalue weighted by Crippen LogP contribution is 2.19. The van der Waals surface area contributed by atoms with E-state index in [1.807, 2.05) is 6.07 Å². The fourth-order valence-electron chi connectivity index (χ4n) is 1.78. The van der Waals surface area contributed by atoms with Crippen molar-refractivity contribution < 1.29 is 14.3 Å². The molecule has 1 amide bonds. The number of nitrogens with zero attached hydrogens (tertiary/aromatic N) is 1. The average molecular weight is 285 g/mol. The van der Waals surface area contributed by atoms with Gasteiger partial charge in [0.1, 0.15) is 11.6 Å². The summed E-state index contributed by atoms with van der Waals surface area (Å²) in [5.74, 6) is -0.446. The highest BCUT2D eigenvalue weighted by Gasteiger charge is 2.24. The van der Waals surface area contributed by atoms with Crippen molar-refractivity contribution in [3.8, 4) is 0 Å². The Morgan fingerprint density at radius 2 is 1.86 bits per heavy atom. The van der Waals surface area contributed by atoms with Crippen LogP contribution in [0.4, 0.5) is 11.6 Å². The summed E-state index contributed by atoms with van der Waals surface area (Å²) in [5, 5.41) is 2.58. The van der Waals surface area contributed by atoms with Crippen LogP contribution >= 0.6 is 0 Å². The molecule has 2 aromatic rings. The first-order chi connectivity index (χ1) is 10.1. The summed E-state index contributed by atoms with van der Waals surface area (Å²) >= 11 is 0. The van der Waals surface area contributed by atoms with E-state index in [0.717, 1.165) is 0 Å². The number of hydrogen-bond acceptors (Lipinski definition) is 5. The molecule has 1 atom stereocenters. The minimum Gasteiger partial charge on any atom is -0.447 e. The van der Waals surface area contributed by atoms with Crippen LogP contribution < -0.4 is 11.1 Å². The lowest BCUT2D eigenvalue weighted by molar-refractivity contribution is -0.152. The molecule has 3 N–H and O–H groups in total. The highest BCUT2D eigenvalue weighted by molar-refractivity contribution is 5.95. The third-order valence-electron chi connectivity index (χ3n) is 2.65. The lowest BCUT2D eigenvalue weighted by Gasteiger charge is -2.16. The predicted molar refractivity (Wildman–Crippen MR) is 78.2 cm³/mol. The van der Waals surface area contributed by atoms with E-state index in [2.05, 4.69) is 10.3 Å². The van der Waals surface area contributed by atoms with Gasteiger partial charge in [-0.25, -0.2) is 4.98 Å². The SMILES string of the molecule is CC(=O)OC(C(=O)Nc1cccc(N)n1)c1ccccc1. The van der Waals surface area contributed by atoms with Gasteiger partial charge in [-0.15, -0.1) is 0 Å². The summed E-state index contributed by atoms with van der Waals surface area (Å²) in [6.07, 6.45) is -1.04. The molecule has 0 aliphatic heterocycles. The van der Waals surface area contributed by atoms with E-state index >= 15 is 0 Å². The first kappa shape index (κ1) is 14.5. The fraction of sp³-hybridized carbons (Fsp3) is 0.133. The Bertz CT molecular complexity index is 644. The van der Waals surface area contributed by atoms with E-state index in [0.29, 0.717) is 11.4 Å². The van der Waals surface area contributed by atoms with Crippen LogP contribution in [0.1, 0.15) is 18.6 Å². The van der Waals surface area contributed by atoms with Crippen LogP contribution in [0.3, 0.4) is 0 Å². The number of carbonyl (C=O) groups excluding carboxylic acids is 2. The van der Waals surface area contributed by atoms with Crippen LogP contribution in [-0.4, -0.2) is 16.9 Å². The normalized spacial score (nSPS) is 11.5. The maximum atomic E-state index is 12.3. The molecule has 6 heteroatoms. The van der Waals surface area contributed by atoms with E-state index in [9.17, 15) is 9.59 Å². The van der Waals surface area contributed by atoms with Crippen LogP contribution in [0, 0.1) is 0 Å². The smallest absolute Gasteiger partial charge is 0.303 e.